The average Bonchev–Trinajstić information content (AvgIpc) is 2.73. The van der Waals surface area contributed by atoms with E-state index in [2.05, 4.69) is 21.4 Å². The summed E-state index contributed by atoms with van der Waals surface area (Å²) in [5.74, 6) is 0.545. The lowest BCUT2D eigenvalue weighted by atomic mass is 10.2. The summed E-state index contributed by atoms with van der Waals surface area (Å²) < 4.78 is 0. The summed E-state index contributed by atoms with van der Waals surface area (Å²) in [6.07, 6.45) is 1.89. The third-order valence-corrected chi connectivity index (χ3v) is 5.16. The van der Waals surface area contributed by atoms with Gasteiger partial charge in [0.15, 0.2) is 0 Å². The fourth-order valence-electron chi connectivity index (χ4n) is 1.80. The highest BCUT2D eigenvalue weighted by molar-refractivity contribution is 7.99. The van der Waals surface area contributed by atoms with E-state index in [-0.39, 0.29) is 5.91 Å². The van der Waals surface area contributed by atoms with Gasteiger partial charge in [-0.3, -0.25) is 4.79 Å². The van der Waals surface area contributed by atoms with Gasteiger partial charge >= 0.3 is 0 Å². The van der Waals surface area contributed by atoms with Crippen LogP contribution in [0.15, 0.2) is 17.4 Å². The van der Waals surface area contributed by atoms with E-state index in [9.17, 15) is 4.79 Å². The van der Waals surface area contributed by atoms with Crippen LogP contribution >= 0.6 is 23.1 Å². The molecule has 7 heteroatoms. The first-order chi connectivity index (χ1) is 10.5. The maximum absolute atomic E-state index is 12.0. The monoisotopic (exact) mass is 332 g/mol. The van der Waals surface area contributed by atoms with E-state index in [0.717, 1.165) is 21.2 Å². The molecule has 0 aromatic carbocycles. The lowest BCUT2D eigenvalue weighted by Crippen LogP contribution is -2.12. The Balaban J connectivity index is 1.89. The van der Waals surface area contributed by atoms with Gasteiger partial charge in [-0.1, -0.05) is 0 Å². The largest absolute Gasteiger partial charge is 0.317 e. The van der Waals surface area contributed by atoms with Crippen molar-refractivity contribution in [1.82, 2.24) is 9.97 Å². The Bertz CT molecular complexity index is 734. The third-order valence-electron chi connectivity index (χ3n) is 3.11. The lowest BCUT2D eigenvalue weighted by molar-refractivity contribution is -0.115. The van der Waals surface area contributed by atoms with Crippen LogP contribution in [0.3, 0.4) is 0 Å². The van der Waals surface area contributed by atoms with Gasteiger partial charge in [-0.15, -0.1) is 23.1 Å². The van der Waals surface area contributed by atoms with E-state index in [1.807, 2.05) is 26.8 Å². The van der Waals surface area contributed by atoms with Gasteiger partial charge in [-0.05, 0) is 32.4 Å². The van der Waals surface area contributed by atoms with Gasteiger partial charge in [0.2, 0.25) is 5.91 Å². The summed E-state index contributed by atoms with van der Waals surface area (Å²) in [7, 11) is 0. The van der Waals surface area contributed by atoms with Crippen molar-refractivity contribution in [3.8, 4) is 6.07 Å². The van der Waals surface area contributed by atoms with E-state index in [0.29, 0.717) is 22.7 Å². The molecule has 0 saturated carbocycles. The Labute approximate surface area is 137 Å². The quantitative estimate of drug-likeness (QED) is 0.670. The molecular formula is C15H16N4OS2. The van der Waals surface area contributed by atoms with Crippen LogP contribution in [0.5, 0.6) is 0 Å². The highest BCUT2D eigenvalue weighted by atomic mass is 32.2. The number of anilines is 1. The number of thioether (sulfide) groups is 1. The maximum atomic E-state index is 12.0. The van der Waals surface area contributed by atoms with Crippen LogP contribution in [0.1, 0.15) is 28.1 Å². The van der Waals surface area contributed by atoms with Crippen molar-refractivity contribution >= 4 is 34.0 Å². The second-order valence-corrected chi connectivity index (χ2v) is 7.08. The minimum absolute atomic E-state index is 0.0870. The van der Waals surface area contributed by atoms with Gasteiger partial charge in [-0.2, -0.15) is 5.26 Å². The van der Waals surface area contributed by atoms with E-state index in [1.165, 1.54) is 29.4 Å². The molecule has 1 N–H and O–H groups in total. The third kappa shape index (κ3) is 4.06. The normalized spacial score (nSPS) is 10.3. The molecule has 0 aliphatic heterocycles. The van der Waals surface area contributed by atoms with E-state index >= 15 is 0 Å². The Kier molecular flexibility index (Phi) is 5.52. The Hall–Kier alpha value is -1.91. The van der Waals surface area contributed by atoms with Crippen molar-refractivity contribution in [2.75, 3.05) is 11.1 Å². The first kappa shape index (κ1) is 16.5. The van der Waals surface area contributed by atoms with Crippen molar-refractivity contribution in [2.45, 2.75) is 32.2 Å². The summed E-state index contributed by atoms with van der Waals surface area (Å²) in [6, 6.07) is 4.04. The molecule has 0 saturated heterocycles. The highest BCUT2D eigenvalue weighted by Crippen LogP contribution is 2.31. The topological polar surface area (TPSA) is 78.7 Å². The van der Waals surface area contributed by atoms with Gasteiger partial charge < -0.3 is 5.32 Å². The molecule has 2 aromatic rings. The van der Waals surface area contributed by atoms with Crippen LogP contribution in [0.2, 0.25) is 0 Å². The summed E-state index contributed by atoms with van der Waals surface area (Å²) in [5, 5.41) is 13.5. The fraction of sp³-hybridized carbons (Fsp3) is 0.333. The molecule has 2 aromatic heterocycles. The van der Waals surface area contributed by atoms with Crippen molar-refractivity contribution in [2.24, 2.45) is 0 Å². The molecule has 0 radical (unpaired) electrons. The summed E-state index contributed by atoms with van der Waals surface area (Å²) in [5.41, 5.74) is 2.41. The predicted octanol–water partition coefficient (Wildman–Crippen LogP) is 3.46. The zero-order valence-corrected chi connectivity index (χ0v) is 14.3. The second-order valence-electron chi connectivity index (χ2n) is 4.74. The van der Waals surface area contributed by atoms with Crippen LogP contribution in [0.4, 0.5) is 5.00 Å². The number of carbonyl (C=O) groups is 1. The molecule has 0 fully saturated rings. The maximum Gasteiger partial charge on any atom is 0.225 e. The van der Waals surface area contributed by atoms with Gasteiger partial charge in [0.05, 0.1) is 10.6 Å². The number of nitrogens with one attached hydrogen (secondary N) is 1. The van der Waals surface area contributed by atoms with Crippen LogP contribution < -0.4 is 5.32 Å². The molecule has 0 bridgehead atoms. The molecule has 1 amide bonds. The Morgan fingerprint density at radius 3 is 2.86 bits per heavy atom. The minimum atomic E-state index is -0.0870. The Morgan fingerprint density at radius 2 is 2.18 bits per heavy atom. The van der Waals surface area contributed by atoms with Crippen LogP contribution in [0.25, 0.3) is 0 Å². The zero-order valence-electron chi connectivity index (χ0n) is 12.6. The van der Waals surface area contributed by atoms with Crippen molar-refractivity contribution < 1.29 is 4.79 Å². The smallest absolute Gasteiger partial charge is 0.225 e. The first-order valence-electron chi connectivity index (χ1n) is 6.72. The first-order valence-corrected chi connectivity index (χ1v) is 8.53. The number of nitrogens with zero attached hydrogens (tertiary/aromatic N) is 3. The van der Waals surface area contributed by atoms with Gasteiger partial charge in [0, 0.05) is 22.7 Å². The molecule has 0 aliphatic carbocycles. The van der Waals surface area contributed by atoms with Crippen molar-refractivity contribution in [1.29, 1.82) is 5.26 Å². The van der Waals surface area contributed by atoms with E-state index in [4.69, 9.17) is 5.26 Å². The number of rotatable bonds is 5. The number of aryl methyl sites for hydroxylation is 2. The molecule has 0 atom stereocenters. The number of aromatic nitrogens is 2. The van der Waals surface area contributed by atoms with Gasteiger partial charge in [-0.25, -0.2) is 9.97 Å². The van der Waals surface area contributed by atoms with Crippen LogP contribution in [-0.4, -0.2) is 21.6 Å². The minimum Gasteiger partial charge on any atom is -0.317 e. The summed E-state index contributed by atoms with van der Waals surface area (Å²) in [6.45, 7) is 5.75. The molecule has 22 heavy (non-hydrogen) atoms. The fourth-order valence-corrected chi connectivity index (χ4v) is 3.70. The SMILES string of the molecule is Cc1cc(SCCC(=O)Nc2sc(C)c(C)c2C#N)ncn1. The standard InChI is InChI=1S/C15H16N4OS2/c1-9-6-14(18-8-17-9)21-5-4-13(20)19-15-12(7-16)10(2)11(3)22-15/h6,8H,4-5H2,1-3H3,(H,19,20). The number of carbonyl (C=O) groups excluding carboxylic acids is 1. The molecule has 2 heterocycles. The lowest BCUT2D eigenvalue weighted by Gasteiger charge is -2.03. The number of amides is 1. The number of thiophene rings is 1. The predicted molar refractivity (Wildman–Crippen MR) is 89.2 cm³/mol. The van der Waals surface area contributed by atoms with Gasteiger partial charge in [0.25, 0.3) is 0 Å². The average molecular weight is 332 g/mol. The number of hydrogen-bond donors (Lipinski definition) is 1. The highest BCUT2D eigenvalue weighted by Gasteiger charge is 2.14. The molecular weight excluding hydrogens is 316 g/mol. The van der Waals surface area contributed by atoms with E-state index in [1.54, 1.807) is 0 Å². The summed E-state index contributed by atoms with van der Waals surface area (Å²) in [4.78, 5) is 21.2. The molecule has 0 spiro atoms. The van der Waals surface area contributed by atoms with Crippen molar-refractivity contribution in [3.05, 3.63) is 34.1 Å². The van der Waals surface area contributed by atoms with Crippen LogP contribution in [0, 0.1) is 32.1 Å². The van der Waals surface area contributed by atoms with E-state index < -0.39 is 0 Å². The molecule has 114 valence electrons. The summed E-state index contributed by atoms with van der Waals surface area (Å²) >= 11 is 2.96. The molecule has 0 aliphatic rings. The van der Waals surface area contributed by atoms with Gasteiger partial charge in [0.1, 0.15) is 17.4 Å². The van der Waals surface area contributed by atoms with Crippen molar-refractivity contribution in [3.63, 3.8) is 0 Å². The second kappa shape index (κ2) is 7.38. The number of hydrogen-bond acceptors (Lipinski definition) is 6. The zero-order chi connectivity index (χ0) is 16.1. The van der Waals surface area contributed by atoms with Crippen LogP contribution in [-0.2, 0) is 4.79 Å². The molecule has 5 nitrogen and oxygen atoms in total. The number of nitriles is 1. The molecule has 0 unspecified atom stereocenters. The molecule has 2 rings (SSSR count). The Morgan fingerprint density at radius 1 is 1.41 bits per heavy atom.